The molecule has 0 bridgehead atoms. The minimum absolute atomic E-state index is 0.233. The summed E-state index contributed by atoms with van der Waals surface area (Å²) >= 11 is 12.2. The Morgan fingerprint density at radius 2 is 2.14 bits per heavy atom. The van der Waals surface area contributed by atoms with E-state index >= 15 is 0 Å². The molecule has 3 rings (SSSR count). The van der Waals surface area contributed by atoms with Crippen molar-refractivity contribution in [3.63, 3.8) is 0 Å². The minimum Gasteiger partial charge on any atom is -0.338 e. The molecule has 0 saturated carbocycles. The van der Waals surface area contributed by atoms with Crippen molar-refractivity contribution < 1.29 is 13.6 Å². The second-order valence-corrected chi connectivity index (χ2v) is 6.77. The lowest BCUT2D eigenvalue weighted by molar-refractivity contribution is -0.142. The molecule has 1 aromatic rings. The lowest BCUT2D eigenvalue weighted by Crippen LogP contribution is -2.50. The van der Waals surface area contributed by atoms with Crippen LogP contribution in [0.2, 0.25) is 10.0 Å². The number of nitrogens with zero attached hydrogens (tertiary/aromatic N) is 1. The summed E-state index contributed by atoms with van der Waals surface area (Å²) in [6.45, 7) is 0.798. The molecule has 3 nitrogen and oxygen atoms in total. The lowest BCUT2D eigenvalue weighted by Gasteiger charge is -2.35. The second kappa shape index (κ2) is 5.95. The molecule has 120 valence electrons. The van der Waals surface area contributed by atoms with E-state index in [1.165, 1.54) is 0 Å². The van der Waals surface area contributed by atoms with Crippen molar-refractivity contribution in [3.05, 3.63) is 33.3 Å². The summed E-state index contributed by atoms with van der Waals surface area (Å²) < 4.78 is 26.9. The Bertz CT molecular complexity index is 609. The van der Waals surface area contributed by atoms with Crippen LogP contribution in [0.4, 0.5) is 8.78 Å². The van der Waals surface area contributed by atoms with Gasteiger partial charge in [0.25, 0.3) is 5.92 Å². The fourth-order valence-corrected chi connectivity index (χ4v) is 3.73. The first kappa shape index (κ1) is 16.0. The van der Waals surface area contributed by atoms with Crippen LogP contribution in [0.25, 0.3) is 0 Å². The van der Waals surface area contributed by atoms with Gasteiger partial charge in [0.2, 0.25) is 5.91 Å². The zero-order valence-corrected chi connectivity index (χ0v) is 13.4. The van der Waals surface area contributed by atoms with E-state index in [0.717, 1.165) is 11.1 Å². The van der Waals surface area contributed by atoms with Crippen LogP contribution in [0.3, 0.4) is 0 Å². The standard InChI is InChI=1S/C15H16Cl2F2N2O/c16-11-3-9-1-2-21(7-12(9)13(17)4-11)14(22)10-5-15(18,19)8-20-6-10/h3-4,10,20H,1-2,5-8H2. The fourth-order valence-electron chi connectivity index (χ4n) is 3.14. The van der Waals surface area contributed by atoms with Crippen LogP contribution in [0, 0.1) is 5.92 Å². The number of alkyl halides is 2. The van der Waals surface area contributed by atoms with Crippen molar-refractivity contribution in [1.29, 1.82) is 0 Å². The maximum Gasteiger partial charge on any atom is 0.261 e. The Labute approximate surface area is 137 Å². The van der Waals surface area contributed by atoms with Gasteiger partial charge in [0, 0.05) is 36.1 Å². The van der Waals surface area contributed by atoms with E-state index in [1.54, 1.807) is 11.0 Å². The highest BCUT2D eigenvalue weighted by Crippen LogP contribution is 2.32. The molecule has 0 aromatic heterocycles. The van der Waals surface area contributed by atoms with Crippen molar-refractivity contribution in [3.8, 4) is 0 Å². The van der Waals surface area contributed by atoms with Gasteiger partial charge in [0.1, 0.15) is 0 Å². The molecule has 0 radical (unpaired) electrons. The van der Waals surface area contributed by atoms with Crippen molar-refractivity contribution >= 4 is 29.1 Å². The molecule has 1 N–H and O–H groups in total. The third kappa shape index (κ3) is 3.21. The Morgan fingerprint density at radius 3 is 2.86 bits per heavy atom. The molecule has 0 spiro atoms. The topological polar surface area (TPSA) is 32.3 Å². The number of halogens is 4. The third-order valence-corrected chi connectivity index (χ3v) is 4.79. The Balaban J connectivity index is 1.75. The van der Waals surface area contributed by atoms with Crippen LogP contribution in [-0.2, 0) is 17.8 Å². The summed E-state index contributed by atoms with van der Waals surface area (Å²) in [6.07, 6.45) is 0.244. The van der Waals surface area contributed by atoms with E-state index in [4.69, 9.17) is 23.2 Å². The van der Waals surface area contributed by atoms with Gasteiger partial charge >= 0.3 is 0 Å². The first-order chi connectivity index (χ1) is 10.4. The number of amides is 1. The van der Waals surface area contributed by atoms with Crippen LogP contribution < -0.4 is 5.32 Å². The normalized spacial score (nSPS) is 24.0. The molecule has 1 amide bonds. The summed E-state index contributed by atoms with van der Waals surface area (Å²) in [7, 11) is 0. The summed E-state index contributed by atoms with van der Waals surface area (Å²) in [4.78, 5) is 14.1. The molecule has 2 heterocycles. The molecule has 2 aliphatic heterocycles. The number of benzene rings is 1. The maximum atomic E-state index is 13.5. The monoisotopic (exact) mass is 348 g/mol. The van der Waals surface area contributed by atoms with Gasteiger partial charge in [-0.25, -0.2) is 8.78 Å². The van der Waals surface area contributed by atoms with Crippen LogP contribution in [0.15, 0.2) is 12.1 Å². The molecule has 1 unspecified atom stereocenters. The van der Waals surface area contributed by atoms with E-state index in [1.807, 2.05) is 6.07 Å². The smallest absolute Gasteiger partial charge is 0.261 e. The molecule has 1 fully saturated rings. The van der Waals surface area contributed by atoms with E-state index in [2.05, 4.69) is 5.32 Å². The molecular formula is C15H16Cl2F2N2O. The van der Waals surface area contributed by atoms with Crippen molar-refractivity contribution in [2.75, 3.05) is 19.6 Å². The summed E-state index contributed by atoms with van der Waals surface area (Å²) in [5, 5.41) is 3.73. The van der Waals surface area contributed by atoms with Gasteiger partial charge in [0.05, 0.1) is 12.5 Å². The van der Waals surface area contributed by atoms with Gasteiger partial charge in [-0.15, -0.1) is 0 Å². The SMILES string of the molecule is O=C(C1CNCC(F)(F)C1)N1CCc2cc(Cl)cc(Cl)c2C1. The zero-order chi connectivity index (χ0) is 15.9. The summed E-state index contributed by atoms with van der Waals surface area (Å²) in [5.41, 5.74) is 1.88. The molecule has 1 atom stereocenters. The van der Waals surface area contributed by atoms with Gasteiger partial charge in [-0.3, -0.25) is 4.79 Å². The average molecular weight is 349 g/mol. The predicted octanol–water partition coefficient (Wildman–Crippen LogP) is 3.12. The highest BCUT2D eigenvalue weighted by molar-refractivity contribution is 6.35. The fraction of sp³-hybridized carbons (Fsp3) is 0.533. The number of carbonyl (C=O) groups excluding carboxylic acids is 1. The van der Waals surface area contributed by atoms with Gasteiger partial charge in [0.15, 0.2) is 0 Å². The first-order valence-electron chi connectivity index (χ1n) is 7.20. The quantitative estimate of drug-likeness (QED) is 0.845. The first-order valence-corrected chi connectivity index (χ1v) is 7.95. The predicted molar refractivity (Wildman–Crippen MR) is 81.5 cm³/mol. The van der Waals surface area contributed by atoms with Crippen LogP contribution in [-0.4, -0.2) is 36.4 Å². The Morgan fingerprint density at radius 1 is 1.36 bits per heavy atom. The summed E-state index contributed by atoms with van der Waals surface area (Å²) in [6, 6.07) is 3.49. The van der Waals surface area contributed by atoms with Gasteiger partial charge in [-0.1, -0.05) is 23.2 Å². The van der Waals surface area contributed by atoms with Crippen molar-refractivity contribution in [2.45, 2.75) is 25.3 Å². The van der Waals surface area contributed by atoms with Crippen LogP contribution in [0.5, 0.6) is 0 Å². The van der Waals surface area contributed by atoms with Crippen molar-refractivity contribution in [2.24, 2.45) is 5.92 Å². The molecule has 22 heavy (non-hydrogen) atoms. The van der Waals surface area contributed by atoms with E-state index < -0.39 is 18.3 Å². The van der Waals surface area contributed by atoms with Crippen molar-refractivity contribution in [1.82, 2.24) is 10.2 Å². The number of fused-ring (bicyclic) bond motifs is 1. The number of nitrogens with one attached hydrogen (secondary N) is 1. The highest BCUT2D eigenvalue weighted by Gasteiger charge is 2.41. The van der Waals surface area contributed by atoms with E-state index in [9.17, 15) is 13.6 Å². The second-order valence-electron chi connectivity index (χ2n) is 5.92. The molecule has 1 aromatic carbocycles. The van der Waals surface area contributed by atoms with Gasteiger partial charge in [-0.2, -0.15) is 0 Å². The molecule has 1 saturated heterocycles. The Kier molecular flexibility index (Phi) is 4.32. The average Bonchev–Trinajstić information content (AvgIpc) is 2.45. The number of carbonyl (C=O) groups is 1. The molecule has 0 aliphatic carbocycles. The van der Waals surface area contributed by atoms with Gasteiger partial charge < -0.3 is 10.2 Å². The van der Waals surface area contributed by atoms with Crippen LogP contribution >= 0.6 is 23.2 Å². The zero-order valence-electron chi connectivity index (χ0n) is 11.8. The van der Waals surface area contributed by atoms with Gasteiger partial charge in [-0.05, 0) is 29.7 Å². The maximum absolute atomic E-state index is 13.5. The third-order valence-electron chi connectivity index (χ3n) is 4.23. The van der Waals surface area contributed by atoms with E-state index in [-0.39, 0.29) is 12.5 Å². The molecule has 2 aliphatic rings. The minimum atomic E-state index is -2.82. The molecule has 7 heteroatoms. The lowest BCUT2D eigenvalue weighted by atomic mass is 9.93. The number of piperidine rings is 1. The van der Waals surface area contributed by atoms with E-state index in [0.29, 0.717) is 36.1 Å². The van der Waals surface area contributed by atoms with Crippen LogP contribution in [0.1, 0.15) is 17.5 Å². The number of hydrogen-bond donors (Lipinski definition) is 1. The Hall–Kier alpha value is -0.910. The highest BCUT2D eigenvalue weighted by atomic mass is 35.5. The molecular weight excluding hydrogens is 333 g/mol. The number of rotatable bonds is 1. The largest absolute Gasteiger partial charge is 0.338 e. The summed E-state index contributed by atoms with van der Waals surface area (Å²) in [5.74, 6) is -3.74. The number of hydrogen-bond acceptors (Lipinski definition) is 2.